The van der Waals surface area contributed by atoms with E-state index in [-0.39, 0.29) is 5.69 Å². The second-order valence-corrected chi connectivity index (χ2v) is 4.32. The van der Waals surface area contributed by atoms with Crippen LogP contribution in [0.2, 0.25) is 0 Å². The summed E-state index contributed by atoms with van der Waals surface area (Å²) < 4.78 is 5.60. The average Bonchev–Trinajstić information content (AvgIpc) is 2.44. The Hall–Kier alpha value is -1.82. The number of likely N-dealkylation sites (N-methyl/N-ethyl adjacent to an activating group) is 1. The van der Waals surface area contributed by atoms with Crippen LogP contribution in [0.5, 0.6) is 5.75 Å². The molecule has 0 aliphatic heterocycles. The number of nitrogens with one attached hydrogen (secondary N) is 1. The molecule has 1 aromatic rings. The SMILES string of the molecule is CCNc1cccc(OCCN(CC)CC)c1[N+](=O)[O-]. The third-order valence-corrected chi connectivity index (χ3v) is 3.11. The van der Waals surface area contributed by atoms with Crippen molar-refractivity contribution in [2.75, 3.05) is 38.1 Å². The van der Waals surface area contributed by atoms with Crippen molar-refractivity contribution in [3.05, 3.63) is 28.3 Å². The number of nitro groups is 1. The lowest BCUT2D eigenvalue weighted by molar-refractivity contribution is -0.385. The summed E-state index contributed by atoms with van der Waals surface area (Å²) in [5.74, 6) is 0.320. The lowest BCUT2D eigenvalue weighted by atomic mass is 10.2. The number of nitro benzene ring substituents is 1. The van der Waals surface area contributed by atoms with Crippen molar-refractivity contribution >= 4 is 11.4 Å². The predicted molar refractivity (Wildman–Crippen MR) is 80.5 cm³/mol. The van der Waals surface area contributed by atoms with Gasteiger partial charge in [-0.15, -0.1) is 0 Å². The fourth-order valence-corrected chi connectivity index (χ4v) is 1.98. The van der Waals surface area contributed by atoms with E-state index in [4.69, 9.17) is 4.74 Å². The monoisotopic (exact) mass is 281 g/mol. The van der Waals surface area contributed by atoms with Gasteiger partial charge >= 0.3 is 5.69 Å². The van der Waals surface area contributed by atoms with Gasteiger partial charge in [-0.1, -0.05) is 19.9 Å². The molecule has 0 unspecified atom stereocenters. The minimum Gasteiger partial charge on any atom is -0.485 e. The molecule has 0 spiro atoms. The minimum atomic E-state index is -0.398. The van der Waals surface area contributed by atoms with E-state index in [0.717, 1.165) is 19.6 Å². The smallest absolute Gasteiger partial charge is 0.333 e. The molecule has 0 atom stereocenters. The molecule has 0 amide bonds. The van der Waals surface area contributed by atoms with E-state index in [1.807, 2.05) is 6.92 Å². The molecular formula is C14H23N3O3. The van der Waals surface area contributed by atoms with Crippen LogP contribution < -0.4 is 10.1 Å². The summed E-state index contributed by atoms with van der Waals surface area (Å²) in [5, 5.41) is 14.2. The molecule has 0 heterocycles. The van der Waals surface area contributed by atoms with Gasteiger partial charge in [0.2, 0.25) is 0 Å². The number of rotatable bonds is 9. The van der Waals surface area contributed by atoms with Crippen molar-refractivity contribution < 1.29 is 9.66 Å². The highest BCUT2D eigenvalue weighted by Crippen LogP contribution is 2.34. The van der Waals surface area contributed by atoms with Gasteiger partial charge in [-0.05, 0) is 32.1 Å². The topological polar surface area (TPSA) is 67.6 Å². The standard InChI is InChI=1S/C14H23N3O3/c1-4-15-12-8-7-9-13(14(12)17(18)19)20-11-10-16(5-2)6-3/h7-9,15H,4-6,10-11H2,1-3H3. The van der Waals surface area contributed by atoms with Crippen molar-refractivity contribution in [3.8, 4) is 5.75 Å². The molecule has 0 fully saturated rings. The third-order valence-electron chi connectivity index (χ3n) is 3.11. The zero-order chi connectivity index (χ0) is 15.0. The summed E-state index contributed by atoms with van der Waals surface area (Å²) in [5.41, 5.74) is 0.506. The minimum absolute atomic E-state index is 0.00824. The normalized spacial score (nSPS) is 10.6. The average molecular weight is 281 g/mol. The van der Waals surface area contributed by atoms with Crippen LogP contribution in [0, 0.1) is 10.1 Å². The second-order valence-electron chi connectivity index (χ2n) is 4.32. The van der Waals surface area contributed by atoms with Crippen LogP contribution >= 0.6 is 0 Å². The van der Waals surface area contributed by atoms with E-state index < -0.39 is 4.92 Å². The predicted octanol–water partition coefficient (Wildman–Crippen LogP) is 2.75. The molecule has 20 heavy (non-hydrogen) atoms. The Balaban J connectivity index is 2.78. The zero-order valence-corrected chi connectivity index (χ0v) is 12.4. The van der Waals surface area contributed by atoms with Crippen molar-refractivity contribution in [2.24, 2.45) is 0 Å². The van der Waals surface area contributed by atoms with Crippen LogP contribution in [0.3, 0.4) is 0 Å². The zero-order valence-electron chi connectivity index (χ0n) is 12.4. The van der Waals surface area contributed by atoms with Crippen LogP contribution in [0.15, 0.2) is 18.2 Å². The maximum atomic E-state index is 11.2. The van der Waals surface area contributed by atoms with Gasteiger partial charge in [0.15, 0.2) is 5.75 Å². The molecule has 0 saturated heterocycles. The highest BCUT2D eigenvalue weighted by atomic mass is 16.6. The van der Waals surface area contributed by atoms with E-state index >= 15 is 0 Å². The van der Waals surface area contributed by atoms with Crippen LogP contribution in [0.1, 0.15) is 20.8 Å². The summed E-state index contributed by atoms with van der Waals surface area (Å²) in [6, 6.07) is 5.10. The largest absolute Gasteiger partial charge is 0.485 e. The molecule has 1 aromatic carbocycles. The Labute approximate surface area is 119 Å². The first-order valence-corrected chi connectivity index (χ1v) is 7.00. The van der Waals surface area contributed by atoms with Crippen molar-refractivity contribution in [1.29, 1.82) is 0 Å². The van der Waals surface area contributed by atoms with Crippen LogP contribution in [0.4, 0.5) is 11.4 Å². The molecule has 0 aliphatic rings. The molecule has 6 nitrogen and oxygen atoms in total. The van der Waals surface area contributed by atoms with E-state index in [0.29, 0.717) is 24.6 Å². The Morgan fingerprint density at radius 3 is 2.55 bits per heavy atom. The Morgan fingerprint density at radius 1 is 1.30 bits per heavy atom. The number of anilines is 1. The first-order valence-electron chi connectivity index (χ1n) is 7.00. The number of benzene rings is 1. The van der Waals surface area contributed by atoms with Gasteiger partial charge in [-0.2, -0.15) is 0 Å². The number of para-hydroxylation sites is 1. The highest BCUT2D eigenvalue weighted by molar-refractivity contribution is 5.68. The number of nitrogens with zero attached hydrogens (tertiary/aromatic N) is 2. The second kappa shape index (κ2) is 8.37. The molecule has 0 bridgehead atoms. The van der Waals surface area contributed by atoms with Gasteiger partial charge < -0.3 is 15.0 Å². The van der Waals surface area contributed by atoms with Gasteiger partial charge in [0.1, 0.15) is 12.3 Å². The van der Waals surface area contributed by atoms with Crippen molar-refractivity contribution in [2.45, 2.75) is 20.8 Å². The first-order chi connectivity index (χ1) is 9.63. The number of hydrogen-bond donors (Lipinski definition) is 1. The van der Waals surface area contributed by atoms with Gasteiger partial charge in [-0.3, -0.25) is 10.1 Å². The summed E-state index contributed by atoms with van der Waals surface area (Å²) in [7, 11) is 0. The van der Waals surface area contributed by atoms with Crippen molar-refractivity contribution in [3.63, 3.8) is 0 Å². The quantitative estimate of drug-likeness (QED) is 0.557. The van der Waals surface area contributed by atoms with E-state index in [9.17, 15) is 10.1 Å². The maximum absolute atomic E-state index is 11.2. The van der Waals surface area contributed by atoms with Gasteiger partial charge in [-0.25, -0.2) is 0 Å². The summed E-state index contributed by atoms with van der Waals surface area (Å²) in [6.07, 6.45) is 0. The van der Waals surface area contributed by atoms with Gasteiger partial charge in [0.25, 0.3) is 0 Å². The fourth-order valence-electron chi connectivity index (χ4n) is 1.98. The molecule has 0 radical (unpaired) electrons. The van der Waals surface area contributed by atoms with E-state index in [1.54, 1.807) is 18.2 Å². The first kappa shape index (κ1) is 16.2. The Bertz CT molecular complexity index is 434. The molecule has 0 aromatic heterocycles. The number of ether oxygens (including phenoxy) is 1. The van der Waals surface area contributed by atoms with Gasteiger partial charge in [0, 0.05) is 13.1 Å². The van der Waals surface area contributed by atoms with E-state index in [1.165, 1.54) is 0 Å². The molecule has 6 heteroatoms. The highest BCUT2D eigenvalue weighted by Gasteiger charge is 2.20. The van der Waals surface area contributed by atoms with Crippen LogP contribution in [0.25, 0.3) is 0 Å². The summed E-state index contributed by atoms with van der Waals surface area (Å²) in [4.78, 5) is 13.0. The molecule has 1 rings (SSSR count). The van der Waals surface area contributed by atoms with Crippen molar-refractivity contribution in [1.82, 2.24) is 4.90 Å². The lowest BCUT2D eigenvalue weighted by Gasteiger charge is -2.18. The third kappa shape index (κ3) is 4.38. The Kier molecular flexibility index (Phi) is 6.79. The summed E-state index contributed by atoms with van der Waals surface area (Å²) in [6.45, 7) is 9.78. The lowest BCUT2D eigenvalue weighted by Crippen LogP contribution is -2.28. The fraction of sp³-hybridized carbons (Fsp3) is 0.571. The van der Waals surface area contributed by atoms with Gasteiger partial charge in [0.05, 0.1) is 4.92 Å². The number of hydrogen-bond acceptors (Lipinski definition) is 5. The Morgan fingerprint density at radius 2 is 2.00 bits per heavy atom. The maximum Gasteiger partial charge on any atom is 0.333 e. The molecule has 0 aliphatic carbocycles. The molecular weight excluding hydrogens is 258 g/mol. The van der Waals surface area contributed by atoms with Crippen LogP contribution in [-0.2, 0) is 0 Å². The van der Waals surface area contributed by atoms with Crippen LogP contribution in [-0.4, -0.2) is 42.6 Å². The molecule has 0 saturated carbocycles. The van der Waals surface area contributed by atoms with E-state index in [2.05, 4.69) is 24.1 Å². The summed E-state index contributed by atoms with van der Waals surface area (Å²) >= 11 is 0. The molecule has 1 N–H and O–H groups in total. The molecule has 112 valence electrons.